The summed E-state index contributed by atoms with van der Waals surface area (Å²) in [6.07, 6.45) is -19.3. The molecule has 3 aliphatic heterocycles. The maximum Gasteiger partial charge on any atom is 0.187 e. The van der Waals surface area contributed by atoms with Gasteiger partial charge in [0.25, 0.3) is 0 Å². The second kappa shape index (κ2) is 19.6. The molecule has 67 heavy (non-hydrogen) atoms. The number of ether oxygens (including phenoxy) is 6. The minimum Gasteiger partial charge on any atom is -0.394 e. The Hall–Kier alpha value is -1.31. The van der Waals surface area contributed by atoms with Crippen LogP contribution in [0.25, 0.3) is 0 Å². The van der Waals surface area contributed by atoms with E-state index < -0.39 is 141 Å². The Morgan fingerprint density at radius 2 is 1.28 bits per heavy atom. The van der Waals surface area contributed by atoms with Gasteiger partial charge in [0.15, 0.2) is 18.9 Å². The first kappa shape index (κ1) is 53.5. The van der Waals surface area contributed by atoms with Gasteiger partial charge in [0.1, 0.15) is 79.0 Å². The molecular formula is C48H80O19. The second-order valence-corrected chi connectivity index (χ2v) is 22.9. The van der Waals surface area contributed by atoms with Crippen molar-refractivity contribution in [2.24, 2.45) is 45.3 Å². The quantitative estimate of drug-likeness (QED) is 0.0944. The summed E-state index contributed by atoms with van der Waals surface area (Å²) in [7, 11) is 0. The van der Waals surface area contributed by atoms with Gasteiger partial charge in [-0.05, 0) is 93.3 Å². The predicted octanol–water partition coefficient (Wildman–Crippen LogP) is -0.848. The number of hydrogen-bond acceptors (Lipinski definition) is 19. The number of carbonyl (C=O) groups is 1. The van der Waals surface area contributed by atoms with E-state index in [2.05, 4.69) is 47.6 Å². The lowest BCUT2D eigenvalue weighted by atomic mass is 9.38. The minimum absolute atomic E-state index is 0.0384. The van der Waals surface area contributed by atoms with Crippen LogP contribution in [0.5, 0.6) is 0 Å². The van der Waals surface area contributed by atoms with Crippen LogP contribution >= 0.6 is 0 Å². The van der Waals surface area contributed by atoms with Gasteiger partial charge >= 0.3 is 0 Å². The second-order valence-electron chi connectivity index (χ2n) is 22.9. The van der Waals surface area contributed by atoms with Gasteiger partial charge in [-0.1, -0.05) is 53.2 Å². The van der Waals surface area contributed by atoms with Gasteiger partial charge in [0, 0.05) is 17.3 Å². The average molecular weight is 961 g/mol. The highest BCUT2D eigenvalue weighted by molar-refractivity contribution is 5.88. The Kier molecular flexibility index (Phi) is 15.7. The molecule has 19 nitrogen and oxygen atoms in total. The van der Waals surface area contributed by atoms with Crippen molar-refractivity contribution >= 4 is 5.78 Å². The number of hydrogen-bond donors (Lipinski definition) is 12. The van der Waals surface area contributed by atoms with Crippen molar-refractivity contribution in [2.45, 2.75) is 217 Å². The Balaban J connectivity index is 1.10. The number of allylic oxidation sites excluding steroid dienone is 1. The van der Waals surface area contributed by atoms with Crippen LogP contribution in [-0.4, -0.2) is 197 Å². The Morgan fingerprint density at radius 3 is 1.88 bits per heavy atom. The zero-order chi connectivity index (χ0) is 49.5. The van der Waals surface area contributed by atoms with E-state index in [1.165, 1.54) is 19.4 Å². The molecule has 0 aromatic rings. The van der Waals surface area contributed by atoms with Crippen molar-refractivity contribution in [3.05, 3.63) is 11.6 Å². The lowest BCUT2D eigenvalue weighted by Gasteiger charge is -2.64. The van der Waals surface area contributed by atoms with Gasteiger partial charge in [-0.15, -0.1) is 0 Å². The summed E-state index contributed by atoms with van der Waals surface area (Å²) in [6.45, 7) is 14.1. The number of aliphatic hydroxyl groups is 12. The Labute approximate surface area is 393 Å². The first-order valence-electron chi connectivity index (χ1n) is 24.4. The lowest BCUT2D eigenvalue weighted by Crippen LogP contribution is -2.65. The summed E-state index contributed by atoms with van der Waals surface area (Å²) < 4.78 is 35.4. The number of rotatable bonds is 14. The summed E-state index contributed by atoms with van der Waals surface area (Å²) in [5.41, 5.74) is -1.79. The number of aliphatic hydroxyl groups excluding tert-OH is 11. The largest absolute Gasteiger partial charge is 0.394 e. The zero-order valence-electron chi connectivity index (χ0n) is 40.2. The summed E-state index contributed by atoms with van der Waals surface area (Å²) in [5, 5.41) is 128. The number of Topliss-reactive ketones (excluding diaryl/α,β-unsaturated/α-hetero) is 1. The Bertz CT molecular complexity index is 1750. The van der Waals surface area contributed by atoms with Gasteiger partial charge in [-0.2, -0.15) is 0 Å². The molecule has 3 heterocycles. The first-order chi connectivity index (χ1) is 31.2. The molecule has 19 heteroatoms. The molecule has 0 bridgehead atoms. The van der Waals surface area contributed by atoms with Crippen LogP contribution < -0.4 is 0 Å². The molecule has 0 radical (unpaired) electrons. The minimum atomic E-state index is -1.91. The third-order valence-corrected chi connectivity index (χ3v) is 18.4. The van der Waals surface area contributed by atoms with Crippen LogP contribution in [0.2, 0.25) is 0 Å². The molecule has 24 atom stereocenters. The summed E-state index contributed by atoms with van der Waals surface area (Å²) in [4.78, 5) is 14.8. The van der Waals surface area contributed by atoms with Crippen molar-refractivity contribution in [3.8, 4) is 0 Å². The molecule has 1 unspecified atom stereocenters. The van der Waals surface area contributed by atoms with Crippen LogP contribution in [0.15, 0.2) is 11.6 Å². The third kappa shape index (κ3) is 9.15. The smallest absolute Gasteiger partial charge is 0.187 e. The van der Waals surface area contributed by atoms with Crippen LogP contribution in [0.3, 0.4) is 0 Å². The molecule has 0 amide bonds. The highest BCUT2D eigenvalue weighted by atomic mass is 16.8. The summed E-state index contributed by atoms with van der Waals surface area (Å²) in [6, 6.07) is 0. The van der Waals surface area contributed by atoms with Gasteiger partial charge in [-0.25, -0.2) is 0 Å². The van der Waals surface area contributed by atoms with E-state index in [0.29, 0.717) is 19.3 Å². The number of carbonyl (C=O) groups excluding carboxylic acids is 1. The van der Waals surface area contributed by atoms with E-state index in [4.69, 9.17) is 28.4 Å². The van der Waals surface area contributed by atoms with E-state index in [9.17, 15) is 66.1 Å². The molecular weight excluding hydrogens is 881 g/mol. The molecule has 3 saturated carbocycles. The third-order valence-electron chi connectivity index (χ3n) is 18.4. The SMILES string of the molecule is C[C@@H](CC[C@H](O[C@H]1O[C@@H](CO[C@H]2O[C@@H](CO)[C@H](O)[C@@H](O)[C@@H]2O)[C@H](O)[C@@H](O)[C@@H]1O[C@H]1O[C@@H](CO)[C@H](O)[C@@H](O)[C@@H]1O)C(C)(C)O)C1CC[C@]2(C)[C@H]3CC=C4[C@H](CC[C@@H](O)C4(C)C)[C@@]3(C)C(=O)C[C@@]12C. The fourth-order valence-corrected chi connectivity index (χ4v) is 13.8. The highest BCUT2D eigenvalue weighted by Gasteiger charge is 2.70. The monoisotopic (exact) mass is 961 g/mol. The summed E-state index contributed by atoms with van der Waals surface area (Å²) in [5.74, 6) is 0.657. The molecule has 6 fully saturated rings. The number of fused-ring (bicyclic) bond motifs is 5. The molecule has 0 aromatic heterocycles. The molecule has 0 aromatic carbocycles. The van der Waals surface area contributed by atoms with E-state index in [1.807, 2.05) is 0 Å². The van der Waals surface area contributed by atoms with Crippen molar-refractivity contribution < 1.29 is 94.5 Å². The molecule has 4 aliphatic carbocycles. The van der Waals surface area contributed by atoms with Crippen LogP contribution in [0.1, 0.15) is 107 Å². The van der Waals surface area contributed by atoms with Gasteiger partial charge in [0.2, 0.25) is 0 Å². The topological polar surface area (TPSA) is 315 Å². The van der Waals surface area contributed by atoms with Crippen molar-refractivity contribution in [1.29, 1.82) is 0 Å². The predicted molar refractivity (Wildman–Crippen MR) is 234 cm³/mol. The molecule has 386 valence electrons. The summed E-state index contributed by atoms with van der Waals surface area (Å²) >= 11 is 0. The normalized spacial score (nSPS) is 49.9. The van der Waals surface area contributed by atoms with E-state index in [0.717, 1.165) is 25.7 Å². The van der Waals surface area contributed by atoms with E-state index in [-0.39, 0.29) is 46.7 Å². The maximum atomic E-state index is 14.8. The van der Waals surface area contributed by atoms with Crippen LogP contribution in [0.4, 0.5) is 0 Å². The van der Waals surface area contributed by atoms with E-state index >= 15 is 0 Å². The zero-order valence-corrected chi connectivity index (χ0v) is 40.2. The van der Waals surface area contributed by atoms with Crippen molar-refractivity contribution in [1.82, 2.24) is 0 Å². The number of ketones is 1. The molecule has 0 spiro atoms. The fourth-order valence-electron chi connectivity index (χ4n) is 13.8. The Morgan fingerprint density at radius 1 is 0.716 bits per heavy atom. The van der Waals surface area contributed by atoms with Crippen LogP contribution in [-0.2, 0) is 33.2 Å². The molecule has 7 aliphatic rings. The van der Waals surface area contributed by atoms with Gasteiger partial charge in [0.05, 0.1) is 37.6 Å². The molecule has 7 rings (SSSR count). The van der Waals surface area contributed by atoms with Gasteiger partial charge in [-0.3, -0.25) is 4.79 Å². The average Bonchev–Trinajstić information content (AvgIpc) is 3.54. The van der Waals surface area contributed by atoms with Crippen molar-refractivity contribution in [3.63, 3.8) is 0 Å². The van der Waals surface area contributed by atoms with Gasteiger partial charge < -0.3 is 89.7 Å². The molecule has 12 N–H and O–H groups in total. The van der Waals surface area contributed by atoms with E-state index in [1.54, 1.807) is 0 Å². The van der Waals surface area contributed by atoms with Crippen molar-refractivity contribution in [2.75, 3.05) is 19.8 Å². The standard InChI is InChI=1S/C48H80O19/c1-21(22-15-16-46(6)28-12-10-23-24(11-13-29(51)44(23,2)3)48(28,8)30(52)17-47(22,46)7)9-14-31(45(4,5)61)66-43-40(67-42-39(60)36(57)33(54)26(19-50)64-42)37(58)34(55)27(65-43)20-62-41-38(59)35(56)32(53)25(18-49)63-41/h10,21-22,24-29,31-43,49-51,53-61H,9,11-20H2,1-8H3/t21-,22?,24-,25-,26-,27-,28+,29+,31-,32-,33-,34-,35+,36+,37+,38-,39-,40-,41-,42+,43+,46+,47-,48+/m0/s1. The first-order valence-corrected chi connectivity index (χ1v) is 24.4. The lowest BCUT2D eigenvalue weighted by molar-refractivity contribution is -0.380. The maximum absolute atomic E-state index is 14.8. The highest BCUT2D eigenvalue weighted by Crippen LogP contribution is 2.74. The fraction of sp³-hybridized carbons (Fsp3) is 0.938. The molecule has 3 saturated heterocycles. The van der Waals surface area contributed by atoms with Crippen LogP contribution in [0, 0.1) is 45.3 Å².